The van der Waals surface area contributed by atoms with Gasteiger partial charge in [0.1, 0.15) is 5.82 Å². The highest BCUT2D eigenvalue weighted by atomic mass is 16.5. The van der Waals surface area contributed by atoms with E-state index in [0.29, 0.717) is 31.7 Å². The van der Waals surface area contributed by atoms with Gasteiger partial charge in [-0.1, -0.05) is 13.3 Å². The SMILES string of the molecule is CCCc1nn(C)c(NCCCC(=O)OCC)c1N. The third-order valence-corrected chi connectivity index (χ3v) is 2.80. The monoisotopic (exact) mass is 268 g/mol. The van der Waals surface area contributed by atoms with Crippen molar-refractivity contribution in [3.05, 3.63) is 5.69 Å². The maximum atomic E-state index is 11.2. The number of anilines is 2. The first-order valence-electron chi connectivity index (χ1n) is 6.80. The van der Waals surface area contributed by atoms with E-state index in [0.717, 1.165) is 24.4 Å². The van der Waals surface area contributed by atoms with Crippen LogP contribution in [0.1, 0.15) is 38.8 Å². The molecular weight excluding hydrogens is 244 g/mol. The molecular formula is C13H24N4O2. The number of ether oxygens (including phenoxy) is 1. The summed E-state index contributed by atoms with van der Waals surface area (Å²) in [5, 5.41) is 7.61. The van der Waals surface area contributed by atoms with Crippen LogP contribution >= 0.6 is 0 Å². The van der Waals surface area contributed by atoms with Gasteiger partial charge in [-0.3, -0.25) is 9.48 Å². The standard InChI is InChI=1S/C13H24N4O2/c1-4-7-10-12(14)13(17(3)16-10)15-9-6-8-11(18)19-5-2/h15H,4-9,14H2,1-3H3. The van der Waals surface area contributed by atoms with E-state index in [9.17, 15) is 4.79 Å². The van der Waals surface area contributed by atoms with Crippen LogP contribution in [0.25, 0.3) is 0 Å². The first-order valence-corrected chi connectivity index (χ1v) is 6.80. The summed E-state index contributed by atoms with van der Waals surface area (Å²) in [6.45, 7) is 5.01. The minimum atomic E-state index is -0.158. The molecule has 6 nitrogen and oxygen atoms in total. The van der Waals surface area contributed by atoms with Gasteiger partial charge in [0.25, 0.3) is 0 Å². The predicted molar refractivity (Wildman–Crippen MR) is 76.0 cm³/mol. The molecule has 1 aromatic rings. The van der Waals surface area contributed by atoms with Crippen molar-refractivity contribution in [3.8, 4) is 0 Å². The van der Waals surface area contributed by atoms with Gasteiger partial charge in [-0.2, -0.15) is 5.10 Å². The third-order valence-electron chi connectivity index (χ3n) is 2.80. The van der Waals surface area contributed by atoms with Crippen molar-refractivity contribution < 1.29 is 9.53 Å². The van der Waals surface area contributed by atoms with E-state index in [1.165, 1.54) is 0 Å². The second-order valence-corrected chi connectivity index (χ2v) is 4.42. The van der Waals surface area contributed by atoms with Crippen molar-refractivity contribution in [3.63, 3.8) is 0 Å². The quantitative estimate of drug-likeness (QED) is 0.554. The maximum absolute atomic E-state index is 11.2. The summed E-state index contributed by atoms with van der Waals surface area (Å²) in [5.74, 6) is 0.668. The lowest BCUT2D eigenvalue weighted by atomic mass is 10.2. The molecule has 0 saturated carbocycles. The van der Waals surface area contributed by atoms with Crippen LogP contribution in [0.2, 0.25) is 0 Å². The molecule has 0 bridgehead atoms. The fourth-order valence-corrected chi connectivity index (χ4v) is 1.90. The zero-order valence-corrected chi connectivity index (χ0v) is 12.0. The molecule has 0 fully saturated rings. The zero-order valence-electron chi connectivity index (χ0n) is 12.0. The zero-order chi connectivity index (χ0) is 14.3. The molecule has 3 N–H and O–H groups in total. The molecule has 1 rings (SSSR count). The van der Waals surface area contributed by atoms with Gasteiger partial charge in [-0.05, 0) is 19.8 Å². The van der Waals surface area contributed by atoms with E-state index >= 15 is 0 Å². The average Bonchev–Trinajstić information content (AvgIpc) is 2.62. The fourth-order valence-electron chi connectivity index (χ4n) is 1.90. The lowest BCUT2D eigenvalue weighted by molar-refractivity contribution is -0.143. The molecule has 0 aliphatic rings. The van der Waals surface area contributed by atoms with Gasteiger partial charge in [0, 0.05) is 20.0 Å². The smallest absolute Gasteiger partial charge is 0.305 e. The lowest BCUT2D eigenvalue weighted by Gasteiger charge is -2.07. The van der Waals surface area contributed by atoms with E-state index in [1.54, 1.807) is 4.68 Å². The predicted octanol–water partition coefficient (Wildman–Crippen LogP) is 1.71. The first-order chi connectivity index (χ1) is 9.10. The minimum absolute atomic E-state index is 0.158. The van der Waals surface area contributed by atoms with Crippen molar-refractivity contribution in [1.29, 1.82) is 0 Å². The van der Waals surface area contributed by atoms with Gasteiger partial charge in [0.05, 0.1) is 18.0 Å². The van der Waals surface area contributed by atoms with Crippen LogP contribution in [0.5, 0.6) is 0 Å². The van der Waals surface area contributed by atoms with Crippen LogP contribution in [0.3, 0.4) is 0 Å². The molecule has 0 aliphatic heterocycles. The Morgan fingerprint density at radius 1 is 1.47 bits per heavy atom. The van der Waals surface area contributed by atoms with Crippen molar-refractivity contribution >= 4 is 17.5 Å². The summed E-state index contributed by atoms with van der Waals surface area (Å²) in [6.07, 6.45) is 3.03. The first kappa shape index (κ1) is 15.3. The molecule has 0 radical (unpaired) electrons. The van der Waals surface area contributed by atoms with Gasteiger partial charge >= 0.3 is 5.97 Å². The van der Waals surface area contributed by atoms with Crippen molar-refractivity contribution in [2.24, 2.45) is 7.05 Å². The Morgan fingerprint density at radius 2 is 2.21 bits per heavy atom. The molecule has 0 atom stereocenters. The van der Waals surface area contributed by atoms with Gasteiger partial charge in [-0.15, -0.1) is 0 Å². The summed E-state index contributed by atoms with van der Waals surface area (Å²) >= 11 is 0. The van der Waals surface area contributed by atoms with Gasteiger partial charge in [0.2, 0.25) is 0 Å². The lowest BCUT2D eigenvalue weighted by Crippen LogP contribution is -2.11. The minimum Gasteiger partial charge on any atom is -0.466 e. The molecule has 0 unspecified atom stereocenters. The van der Waals surface area contributed by atoms with E-state index in [2.05, 4.69) is 17.3 Å². The van der Waals surface area contributed by atoms with Crippen molar-refractivity contribution in [2.45, 2.75) is 39.5 Å². The Bertz CT molecular complexity index is 415. The number of esters is 1. The Morgan fingerprint density at radius 3 is 2.84 bits per heavy atom. The van der Waals surface area contributed by atoms with E-state index < -0.39 is 0 Å². The molecule has 0 amide bonds. The van der Waals surface area contributed by atoms with Crippen LogP contribution in [0.15, 0.2) is 0 Å². The Labute approximate surface area is 114 Å². The molecule has 6 heteroatoms. The van der Waals surface area contributed by atoms with Crippen molar-refractivity contribution in [1.82, 2.24) is 9.78 Å². The number of aromatic nitrogens is 2. The molecule has 1 heterocycles. The number of nitrogens with two attached hydrogens (primary N) is 1. The van der Waals surface area contributed by atoms with Crippen LogP contribution in [0, 0.1) is 0 Å². The summed E-state index contributed by atoms with van der Waals surface area (Å²) in [4.78, 5) is 11.2. The Kier molecular flexibility index (Phi) is 6.18. The van der Waals surface area contributed by atoms with Gasteiger partial charge in [-0.25, -0.2) is 0 Å². The number of carbonyl (C=O) groups excluding carboxylic acids is 1. The number of nitrogen functional groups attached to an aromatic ring is 1. The van der Waals surface area contributed by atoms with Gasteiger partial charge in [0.15, 0.2) is 0 Å². The summed E-state index contributed by atoms with van der Waals surface area (Å²) < 4.78 is 6.62. The molecule has 19 heavy (non-hydrogen) atoms. The van der Waals surface area contributed by atoms with Crippen LogP contribution in [0.4, 0.5) is 11.5 Å². The molecule has 0 spiro atoms. The fraction of sp³-hybridized carbons (Fsp3) is 0.692. The number of nitrogens with zero attached hydrogens (tertiary/aromatic N) is 2. The number of nitrogens with one attached hydrogen (secondary N) is 1. The number of aryl methyl sites for hydroxylation is 2. The van der Waals surface area contributed by atoms with E-state index in [1.807, 2.05) is 14.0 Å². The second kappa shape index (κ2) is 7.66. The van der Waals surface area contributed by atoms with Crippen LogP contribution in [-0.2, 0) is 23.0 Å². The Balaban J connectivity index is 2.43. The molecule has 108 valence electrons. The molecule has 0 aliphatic carbocycles. The number of hydrogen-bond acceptors (Lipinski definition) is 5. The molecule has 1 aromatic heterocycles. The van der Waals surface area contributed by atoms with Gasteiger partial charge < -0.3 is 15.8 Å². The third kappa shape index (κ3) is 4.46. The summed E-state index contributed by atoms with van der Waals surface area (Å²) in [5.41, 5.74) is 7.68. The molecule has 0 aromatic carbocycles. The maximum Gasteiger partial charge on any atom is 0.305 e. The highest BCUT2D eigenvalue weighted by molar-refractivity contribution is 5.69. The Hall–Kier alpha value is -1.72. The average molecular weight is 268 g/mol. The largest absolute Gasteiger partial charge is 0.466 e. The number of rotatable bonds is 8. The summed E-state index contributed by atoms with van der Waals surface area (Å²) in [6, 6.07) is 0. The van der Waals surface area contributed by atoms with Crippen LogP contribution in [-0.4, -0.2) is 28.9 Å². The second-order valence-electron chi connectivity index (χ2n) is 4.42. The van der Waals surface area contributed by atoms with Crippen molar-refractivity contribution in [2.75, 3.05) is 24.2 Å². The normalized spacial score (nSPS) is 10.5. The topological polar surface area (TPSA) is 82.2 Å². The number of hydrogen-bond donors (Lipinski definition) is 2. The number of carbonyl (C=O) groups is 1. The van der Waals surface area contributed by atoms with Crippen LogP contribution < -0.4 is 11.1 Å². The van der Waals surface area contributed by atoms with E-state index in [-0.39, 0.29) is 5.97 Å². The highest BCUT2D eigenvalue weighted by Gasteiger charge is 2.12. The van der Waals surface area contributed by atoms with E-state index in [4.69, 9.17) is 10.5 Å². The molecule has 0 saturated heterocycles. The highest BCUT2D eigenvalue weighted by Crippen LogP contribution is 2.22. The summed E-state index contributed by atoms with van der Waals surface area (Å²) in [7, 11) is 1.86.